The van der Waals surface area contributed by atoms with Crippen LogP contribution in [0.1, 0.15) is 41.4 Å². The topological polar surface area (TPSA) is 79.5 Å². The summed E-state index contributed by atoms with van der Waals surface area (Å²) in [5.41, 5.74) is 3.15. The third kappa shape index (κ3) is 4.01. The summed E-state index contributed by atoms with van der Waals surface area (Å²) in [4.78, 5) is 15.6. The van der Waals surface area contributed by atoms with Crippen molar-refractivity contribution in [1.82, 2.24) is 20.4 Å². The van der Waals surface area contributed by atoms with Crippen LogP contribution in [0, 0.1) is 0 Å². The summed E-state index contributed by atoms with van der Waals surface area (Å²) < 4.78 is 12.3. The highest BCUT2D eigenvalue weighted by Gasteiger charge is 2.32. The van der Waals surface area contributed by atoms with Gasteiger partial charge in [0.05, 0.1) is 28.9 Å². The van der Waals surface area contributed by atoms with Crippen molar-refractivity contribution in [3.63, 3.8) is 0 Å². The molecule has 2 N–H and O–H groups in total. The SMILES string of the molecule is CCCCOc1ccc2c(c1CN1CCNCC1)OC(=Cc1n[nH]c3ccccc13)C2=O. The number of piperazine rings is 1. The molecule has 0 radical (unpaired) electrons. The number of hydrogen-bond donors (Lipinski definition) is 2. The van der Waals surface area contributed by atoms with E-state index in [2.05, 4.69) is 27.3 Å². The van der Waals surface area contributed by atoms with Gasteiger partial charge < -0.3 is 14.8 Å². The molecular weight excluding hydrogens is 404 g/mol. The van der Waals surface area contributed by atoms with E-state index < -0.39 is 0 Å². The molecule has 3 heterocycles. The van der Waals surface area contributed by atoms with E-state index in [9.17, 15) is 4.79 Å². The van der Waals surface area contributed by atoms with E-state index in [0.29, 0.717) is 35.9 Å². The zero-order valence-electron chi connectivity index (χ0n) is 18.3. The van der Waals surface area contributed by atoms with Gasteiger partial charge in [-0.1, -0.05) is 31.5 Å². The Morgan fingerprint density at radius 2 is 2.03 bits per heavy atom. The molecular formula is C25H28N4O3. The van der Waals surface area contributed by atoms with Crippen molar-refractivity contribution in [2.24, 2.45) is 0 Å². The number of aromatic amines is 1. The first-order chi connectivity index (χ1) is 15.7. The number of unbranched alkanes of at least 4 members (excludes halogenated alkanes) is 1. The Bertz CT molecular complexity index is 1160. The summed E-state index contributed by atoms with van der Waals surface area (Å²) in [6.45, 7) is 7.31. The molecule has 0 bridgehead atoms. The largest absolute Gasteiger partial charge is 0.493 e. The molecule has 1 saturated heterocycles. The fourth-order valence-electron chi connectivity index (χ4n) is 4.21. The summed E-state index contributed by atoms with van der Waals surface area (Å²) in [5, 5.41) is 11.7. The van der Waals surface area contributed by atoms with Crippen LogP contribution in [0.2, 0.25) is 0 Å². The van der Waals surface area contributed by atoms with Crippen LogP contribution in [0.5, 0.6) is 11.5 Å². The van der Waals surface area contributed by atoms with Gasteiger partial charge in [-0.15, -0.1) is 0 Å². The lowest BCUT2D eigenvalue weighted by Gasteiger charge is -2.28. The number of Topliss-reactive ketones (excluding diaryl/α,β-unsaturated/α-hetero) is 1. The first-order valence-corrected chi connectivity index (χ1v) is 11.3. The molecule has 0 spiro atoms. The molecule has 2 aromatic carbocycles. The smallest absolute Gasteiger partial charge is 0.232 e. The molecule has 2 aliphatic heterocycles. The number of ether oxygens (including phenoxy) is 2. The number of ketones is 1. The second kappa shape index (κ2) is 9.14. The third-order valence-corrected chi connectivity index (χ3v) is 6.01. The molecule has 0 atom stereocenters. The number of fused-ring (bicyclic) bond motifs is 2. The minimum Gasteiger partial charge on any atom is -0.493 e. The molecule has 3 aromatic rings. The Morgan fingerprint density at radius 1 is 1.19 bits per heavy atom. The summed E-state index contributed by atoms with van der Waals surface area (Å²) >= 11 is 0. The molecule has 0 unspecified atom stereocenters. The summed E-state index contributed by atoms with van der Waals surface area (Å²) in [7, 11) is 0. The standard InChI is InChI=1S/C25H28N4O3/c1-2-3-14-31-22-9-8-18-24(30)23(15-21-17-6-4-5-7-20(17)27-28-21)32-25(18)19(22)16-29-12-10-26-11-13-29/h4-9,15,26H,2-3,10-14,16H2,1H3,(H,27,28). The van der Waals surface area contributed by atoms with Crippen LogP contribution in [-0.4, -0.2) is 53.7 Å². The summed E-state index contributed by atoms with van der Waals surface area (Å²) in [6.07, 6.45) is 3.78. The van der Waals surface area contributed by atoms with Gasteiger partial charge in [0, 0.05) is 44.2 Å². The van der Waals surface area contributed by atoms with E-state index in [-0.39, 0.29) is 5.78 Å². The molecule has 0 amide bonds. The van der Waals surface area contributed by atoms with Crippen LogP contribution >= 0.6 is 0 Å². The highest BCUT2D eigenvalue weighted by Crippen LogP contribution is 2.41. The Hall–Kier alpha value is -3.16. The van der Waals surface area contributed by atoms with Crippen LogP contribution in [0.15, 0.2) is 42.2 Å². The van der Waals surface area contributed by atoms with Gasteiger partial charge in [0.25, 0.3) is 0 Å². The number of benzene rings is 2. The molecule has 1 aromatic heterocycles. The average Bonchev–Trinajstić information content (AvgIpc) is 3.37. The minimum absolute atomic E-state index is 0.117. The van der Waals surface area contributed by atoms with Gasteiger partial charge in [0.1, 0.15) is 11.5 Å². The second-order valence-corrected chi connectivity index (χ2v) is 8.24. The van der Waals surface area contributed by atoms with E-state index in [4.69, 9.17) is 9.47 Å². The van der Waals surface area contributed by atoms with Gasteiger partial charge in [0.15, 0.2) is 5.76 Å². The second-order valence-electron chi connectivity index (χ2n) is 8.24. The van der Waals surface area contributed by atoms with E-state index in [0.717, 1.165) is 61.2 Å². The lowest BCUT2D eigenvalue weighted by molar-refractivity contribution is 0.101. The Morgan fingerprint density at radius 3 is 2.88 bits per heavy atom. The maximum atomic E-state index is 13.2. The lowest BCUT2D eigenvalue weighted by atomic mass is 10.0. The molecule has 166 valence electrons. The van der Waals surface area contributed by atoms with Crippen LogP contribution in [0.3, 0.4) is 0 Å². The van der Waals surface area contributed by atoms with Crippen molar-refractivity contribution in [2.75, 3.05) is 32.8 Å². The van der Waals surface area contributed by atoms with Crippen molar-refractivity contribution in [2.45, 2.75) is 26.3 Å². The molecule has 5 rings (SSSR count). The fraction of sp³-hybridized carbons (Fsp3) is 0.360. The molecule has 1 fully saturated rings. The molecule has 32 heavy (non-hydrogen) atoms. The van der Waals surface area contributed by atoms with Gasteiger partial charge in [-0.2, -0.15) is 5.10 Å². The quantitative estimate of drug-likeness (QED) is 0.437. The van der Waals surface area contributed by atoms with E-state index >= 15 is 0 Å². The zero-order valence-corrected chi connectivity index (χ0v) is 18.3. The van der Waals surface area contributed by atoms with Gasteiger partial charge in [0.2, 0.25) is 5.78 Å². The van der Waals surface area contributed by atoms with Gasteiger partial charge >= 0.3 is 0 Å². The van der Waals surface area contributed by atoms with Crippen molar-refractivity contribution in [3.8, 4) is 11.5 Å². The highest BCUT2D eigenvalue weighted by atomic mass is 16.5. The molecule has 2 aliphatic rings. The number of allylic oxidation sites excluding steroid dienone is 1. The maximum absolute atomic E-state index is 13.2. The normalized spacial score (nSPS) is 17.7. The van der Waals surface area contributed by atoms with Crippen molar-refractivity contribution >= 4 is 22.8 Å². The monoisotopic (exact) mass is 432 g/mol. The zero-order chi connectivity index (χ0) is 21.9. The van der Waals surface area contributed by atoms with Gasteiger partial charge in [-0.3, -0.25) is 14.8 Å². The fourth-order valence-corrected chi connectivity index (χ4v) is 4.21. The number of para-hydroxylation sites is 1. The number of carbonyl (C=O) groups excluding carboxylic acids is 1. The van der Waals surface area contributed by atoms with E-state index in [1.54, 1.807) is 6.08 Å². The highest BCUT2D eigenvalue weighted by molar-refractivity contribution is 6.15. The van der Waals surface area contributed by atoms with Crippen molar-refractivity contribution in [3.05, 3.63) is 59.0 Å². The van der Waals surface area contributed by atoms with E-state index in [1.165, 1.54) is 0 Å². The van der Waals surface area contributed by atoms with Crippen LogP contribution < -0.4 is 14.8 Å². The number of hydrogen-bond acceptors (Lipinski definition) is 6. The number of H-pyrrole nitrogens is 1. The Balaban J connectivity index is 1.49. The van der Waals surface area contributed by atoms with E-state index in [1.807, 2.05) is 36.4 Å². The average molecular weight is 433 g/mol. The van der Waals surface area contributed by atoms with Crippen LogP contribution in [0.4, 0.5) is 0 Å². The predicted octanol–water partition coefficient (Wildman–Crippen LogP) is 3.76. The number of aromatic nitrogens is 2. The Labute approximate surface area is 187 Å². The van der Waals surface area contributed by atoms with Gasteiger partial charge in [-0.25, -0.2) is 0 Å². The number of nitrogens with one attached hydrogen (secondary N) is 2. The number of rotatable bonds is 7. The first kappa shape index (κ1) is 20.7. The molecule has 0 saturated carbocycles. The minimum atomic E-state index is -0.117. The summed E-state index contributed by atoms with van der Waals surface area (Å²) in [5.74, 6) is 1.60. The molecule has 7 nitrogen and oxygen atoms in total. The lowest BCUT2D eigenvalue weighted by Crippen LogP contribution is -2.43. The molecule has 0 aliphatic carbocycles. The first-order valence-electron chi connectivity index (χ1n) is 11.3. The third-order valence-electron chi connectivity index (χ3n) is 6.01. The van der Waals surface area contributed by atoms with Crippen molar-refractivity contribution in [1.29, 1.82) is 0 Å². The Kier molecular flexibility index (Phi) is 5.92. The molecule has 7 heteroatoms. The van der Waals surface area contributed by atoms with Crippen LogP contribution in [-0.2, 0) is 6.54 Å². The maximum Gasteiger partial charge on any atom is 0.232 e. The predicted molar refractivity (Wildman–Crippen MR) is 124 cm³/mol. The number of nitrogens with zero attached hydrogens (tertiary/aromatic N) is 2. The van der Waals surface area contributed by atoms with Crippen LogP contribution in [0.25, 0.3) is 17.0 Å². The van der Waals surface area contributed by atoms with Gasteiger partial charge in [-0.05, 0) is 24.6 Å². The summed E-state index contributed by atoms with van der Waals surface area (Å²) in [6, 6.07) is 11.6. The number of carbonyl (C=O) groups is 1. The van der Waals surface area contributed by atoms with Crippen molar-refractivity contribution < 1.29 is 14.3 Å².